The van der Waals surface area contributed by atoms with E-state index >= 15 is 0 Å². The van der Waals surface area contributed by atoms with Crippen LogP contribution in [0, 0.1) is 29.6 Å². The van der Waals surface area contributed by atoms with E-state index in [0.717, 1.165) is 50.6 Å². The van der Waals surface area contributed by atoms with Crippen LogP contribution in [0.2, 0.25) is 0 Å². The summed E-state index contributed by atoms with van der Waals surface area (Å²) in [5.41, 5.74) is 0. The largest absolute Gasteiger partial charge is 1.00 e. The minimum absolute atomic E-state index is 0. The van der Waals surface area contributed by atoms with Crippen LogP contribution in [-0.4, -0.2) is 112 Å². The second-order valence-corrected chi connectivity index (χ2v) is 19.7. The van der Waals surface area contributed by atoms with E-state index in [2.05, 4.69) is 41.9 Å². The van der Waals surface area contributed by atoms with Crippen LogP contribution >= 0.6 is 12.0 Å². The van der Waals surface area contributed by atoms with Gasteiger partial charge >= 0.3 is 62.6 Å². The van der Waals surface area contributed by atoms with Gasteiger partial charge < -0.3 is 29.7 Å². The number of hydrogen-bond acceptors (Lipinski definition) is 20. The Balaban J connectivity index is 0.00000280. The molecule has 1 saturated heterocycles. The minimum atomic E-state index is -5.12. The first-order valence-corrected chi connectivity index (χ1v) is 22.2. The van der Waals surface area contributed by atoms with Crippen molar-refractivity contribution in [3.05, 3.63) is 0 Å². The van der Waals surface area contributed by atoms with E-state index in [1.165, 1.54) is 0 Å². The zero-order chi connectivity index (χ0) is 38.1. The number of carboxylic acids is 1. The van der Waals surface area contributed by atoms with Crippen molar-refractivity contribution < 1.29 is 117 Å². The van der Waals surface area contributed by atoms with Gasteiger partial charge in [0, 0.05) is 35.3 Å². The molecule has 304 valence electrons. The summed E-state index contributed by atoms with van der Waals surface area (Å²) in [7, 11) is -10.0. The molecule has 16 unspecified atom stereocenters. The summed E-state index contributed by atoms with van der Waals surface area (Å²) in [6.07, 6.45) is 2.28. The first kappa shape index (κ1) is 51.0. The third kappa shape index (κ3) is 12.4. The molecule has 56 heavy (non-hydrogen) atoms. The first-order valence-electron chi connectivity index (χ1n) is 18.4. The van der Waals surface area contributed by atoms with Crippen LogP contribution in [0.1, 0.15) is 83.5 Å². The van der Waals surface area contributed by atoms with E-state index in [1.807, 2.05) is 0 Å². The number of carbonyl (C=O) groups is 1. The van der Waals surface area contributed by atoms with E-state index in [4.69, 9.17) is 4.33 Å². The summed E-state index contributed by atoms with van der Waals surface area (Å²) in [6, 6.07) is -3.34. The van der Waals surface area contributed by atoms with E-state index in [-0.39, 0.29) is 86.6 Å². The molecule has 8 N–H and O–H groups in total. The summed E-state index contributed by atoms with van der Waals surface area (Å²) < 4.78 is 79.6. The Morgan fingerprint density at radius 2 is 1.39 bits per heavy atom. The third-order valence-corrected chi connectivity index (χ3v) is 15.8. The second kappa shape index (κ2) is 22.1. The van der Waals surface area contributed by atoms with E-state index < -0.39 is 104 Å². The molecule has 0 amide bonds. The fraction of sp³-hybridized carbons (Fsp3) is 0.967. The molecule has 0 bridgehead atoms. The average molecular weight is 834 g/mol. The fourth-order valence-corrected chi connectivity index (χ4v) is 13.1. The van der Waals surface area contributed by atoms with Crippen LogP contribution in [0.25, 0.3) is 0 Å². The predicted molar refractivity (Wildman–Crippen MR) is 181 cm³/mol. The van der Waals surface area contributed by atoms with Gasteiger partial charge in [-0.15, -0.1) is 0 Å². The summed E-state index contributed by atoms with van der Waals surface area (Å²) >= 11 is 1.01. The number of nitrogens with one attached hydrogen (secondary N) is 5. The van der Waals surface area contributed by atoms with E-state index in [0.29, 0.717) is 31.6 Å². The molecule has 1 aliphatic heterocycles. The fourth-order valence-electron chi connectivity index (χ4n) is 10.2. The third-order valence-electron chi connectivity index (χ3n) is 12.5. The zero-order valence-corrected chi connectivity index (χ0v) is 34.4. The van der Waals surface area contributed by atoms with Crippen LogP contribution < -0.4 is 88.4 Å². The Kier molecular flexibility index (Phi) is 20.1. The molecule has 5 aliphatic carbocycles. The summed E-state index contributed by atoms with van der Waals surface area (Å²) in [5, 5.41) is 67.5. The monoisotopic (exact) mass is 833 g/mol. The molecular formula is C30H50Li3N7O13S3. The van der Waals surface area contributed by atoms with Crippen molar-refractivity contribution in [2.75, 3.05) is 0 Å². The van der Waals surface area contributed by atoms with Gasteiger partial charge in [-0.05, 0) is 62.7 Å². The van der Waals surface area contributed by atoms with Gasteiger partial charge in [-0.3, -0.25) is 36.4 Å². The van der Waals surface area contributed by atoms with Crippen molar-refractivity contribution in [2.45, 2.75) is 148 Å². The molecule has 0 aromatic carbocycles. The predicted octanol–water partition coefficient (Wildman–Crippen LogP) is -10.5. The smallest absolute Gasteiger partial charge is 0.748 e. The topological polar surface area (TPSA) is 319 Å². The number of rotatable bonds is 12. The van der Waals surface area contributed by atoms with Crippen LogP contribution in [-0.2, 0) is 34.4 Å². The maximum atomic E-state index is 12.6. The quantitative estimate of drug-likeness (QED) is 0.0226. The summed E-state index contributed by atoms with van der Waals surface area (Å²) in [6.45, 7) is 0. The maximum absolute atomic E-state index is 12.6. The Bertz CT molecular complexity index is 1530. The second-order valence-electron chi connectivity index (χ2n) is 15.5. The number of nitrogens with zero attached hydrogens (tertiary/aromatic N) is 2. The normalized spacial score (nSPS) is 41.9. The van der Waals surface area contributed by atoms with Crippen LogP contribution in [0.5, 0.6) is 0 Å². The Labute approximate surface area is 367 Å². The van der Waals surface area contributed by atoms with Crippen molar-refractivity contribution in [1.29, 1.82) is 0 Å². The van der Waals surface area contributed by atoms with Gasteiger partial charge in [0.25, 0.3) is 0 Å². The Morgan fingerprint density at radius 1 is 0.750 bits per heavy atom. The molecule has 5 saturated carbocycles. The standard InChI is InChI=1S/C30H53N7O13S3.3Li/c38-26-24-15(12-22(53(46,47)48)25(26)37-36-18-8-2-1-7-17(18)27(39)40)11-16(52(43,44)45)13-20(24)32-29-33-28(34-30(41)35-29)31-19-9-3-5-14-6-4-10-21(23(14)19)51-50-49-42;;;/h14-26,28-35,38,41-42H,1-13H2,(H,39,40)(H,43,44,45)(H,46,47,48);;;/q;3*+1/p-3. The van der Waals surface area contributed by atoms with Gasteiger partial charge in [0.1, 0.15) is 18.6 Å². The molecule has 0 aromatic heterocycles. The molecule has 6 rings (SSSR count). The van der Waals surface area contributed by atoms with Gasteiger partial charge in [0.15, 0.2) is 6.35 Å². The number of aliphatic hydroxyl groups excluding tert-OH is 2. The number of carboxylic acid groups (broad SMARTS) is 1. The van der Waals surface area contributed by atoms with Crippen molar-refractivity contribution in [3.8, 4) is 0 Å². The average Bonchev–Trinajstić information content (AvgIpc) is 3.09. The number of azo groups is 1. The molecule has 1 heterocycles. The van der Waals surface area contributed by atoms with Gasteiger partial charge in [-0.25, -0.2) is 16.8 Å². The van der Waals surface area contributed by atoms with Gasteiger partial charge in [0.2, 0.25) is 0 Å². The number of fused-ring (bicyclic) bond motifs is 2. The molecule has 0 radical (unpaired) electrons. The van der Waals surface area contributed by atoms with Crippen LogP contribution in [0.3, 0.4) is 0 Å². The number of hydrogen-bond donors (Lipinski definition) is 8. The minimum Gasteiger partial charge on any atom is -0.748 e. The van der Waals surface area contributed by atoms with Gasteiger partial charge in [0.05, 0.1) is 48.8 Å². The van der Waals surface area contributed by atoms with Crippen molar-refractivity contribution >= 4 is 38.2 Å². The van der Waals surface area contributed by atoms with Crippen molar-refractivity contribution in [2.24, 2.45) is 39.8 Å². The van der Waals surface area contributed by atoms with E-state index in [1.54, 1.807) is 0 Å². The van der Waals surface area contributed by atoms with Crippen molar-refractivity contribution in [1.82, 2.24) is 26.6 Å². The molecule has 26 heteroatoms. The number of aliphatic carboxylic acids is 1. The van der Waals surface area contributed by atoms with Crippen molar-refractivity contribution in [3.63, 3.8) is 0 Å². The zero-order valence-electron chi connectivity index (χ0n) is 32.0. The van der Waals surface area contributed by atoms with E-state index in [9.17, 15) is 51.3 Å². The van der Waals surface area contributed by atoms with Crippen LogP contribution in [0.4, 0.5) is 0 Å². The maximum Gasteiger partial charge on any atom is 1.00 e. The van der Waals surface area contributed by atoms with Gasteiger partial charge in [-0.2, -0.15) is 14.6 Å². The van der Waals surface area contributed by atoms with Gasteiger partial charge in [-0.1, -0.05) is 38.5 Å². The first-order chi connectivity index (χ1) is 25.1. The molecule has 0 spiro atoms. The Hall–Kier alpha value is 0.632. The van der Waals surface area contributed by atoms with Crippen LogP contribution in [0.15, 0.2) is 10.2 Å². The molecular weight excluding hydrogens is 783 g/mol. The number of aliphatic hydroxyl groups is 2. The molecule has 0 aromatic rings. The summed E-state index contributed by atoms with van der Waals surface area (Å²) in [5.74, 6) is -3.21. The SMILES string of the molecule is O=C(O)C1CCCCC1N=NC1C(O)C2C(CC(S(=O)(=O)[O-])CC2NC2NC(O)NC(NC3CCCC4CCCC(SOO[O-])C43)N2)CC1S(=O)(=O)[O-].[Li+].[Li+].[Li+]. The Morgan fingerprint density at radius 3 is 2.02 bits per heavy atom. The molecule has 16 atom stereocenters. The molecule has 6 fully saturated rings. The molecule has 6 aliphatic rings. The molecule has 20 nitrogen and oxygen atoms in total. The summed E-state index contributed by atoms with van der Waals surface area (Å²) in [4.78, 5) is 11.9.